The summed E-state index contributed by atoms with van der Waals surface area (Å²) in [6.45, 7) is 4.27. The Labute approximate surface area is 242 Å². The summed E-state index contributed by atoms with van der Waals surface area (Å²) in [6.07, 6.45) is 7.38. The number of benzene rings is 2. The first-order chi connectivity index (χ1) is 19.8. The first-order valence-electron chi connectivity index (χ1n) is 14.0. The first-order valence-corrected chi connectivity index (χ1v) is 15.5. The number of Topliss-reactive ketones (excluding diaryl/α,β-unsaturated/α-hetero) is 1. The summed E-state index contributed by atoms with van der Waals surface area (Å²) in [5.41, 5.74) is 1.35. The lowest BCUT2D eigenvalue weighted by Crippen LogP contribution is -2.23. The first kappa shape index (κ1) is 30.4. The number of ether oxygens (including phenoxy) is 3. The number of unbranched alkanes of at least 4 members (excludes halogenated alkanes) is 1. The molecule has 0 amide bonds. The molecule has 8 nitrogen and oxygen atoms in total. The van der Waals surface area contributed by atoms with E-state index in [1.165, 1.54) is 17.7 Å². The van der Waals surface area contributed by atoms with Crippen LogP contribution in [0, 0.1) is 0 Å². The second kappa shape index (κ2) is 13.9. The van der Waals surface area contributed by atoms with E-state index in [-0.39, 0.29) is 27.6 Å². The zero-order valence-electron chi connectivity index (χ0n) is 24.3. The molecule has 0 aliphatic heterocycles. The van der Waals surface area contributed by atoms with Gasteiger partial charge < -0.3 is 23.5 Å². The van der Waals surface area contributed by atoms with Crippen molar-refractivity contribution in [1.82, 2.24) is 4.90 Å². The van der Waals surface area contributed by atoms with Gasteiger partial charge in [-0.1, -0.05) is 25.5 Å². The topological polar surface area (TPSA) is 95.3 Å². The smallest absolute Gasteiger partial charge is 0.210 e. The SMILES string of the molecule is CCCCc1oc2c(c1S(=O)(=O)c1ccc(OCCCN(C)CCc3ccc(OC)c(OC)c3)cc1)C(=O)CC=C2. The van der Waals surface area contributed by atoms with Gasteiger partial charge in [0.25, 0.3) is 0 Å². The molecule has 220 valence electrons. The van der Waals surface area contributed by atoms with Gasteiger partial charge in [-0.3, -0.25) is 4.79 Å². The highest BCUT2D eigenvalue weighted by atomic mass is 32.2. The minimum absolute atomic E-state index is 0.0140. The van der Waals surface area contributed by atoms with E-state index in [4.69, 9.17) is 18.6 Å². The Hall–Kier alpha value is -3.56. The van der Waals surface area contributed by atoms with Gasteiger partial charge >= 0.3 is 0 Å². The van der Waals surface area contributed by atoms with Crippen molar-refractivity contribution in [2.75, 3.05) is 41.0 Å². The number of fused-ring (bicyclic) bond motifs is 1. The minimum Gasteiger partial charge on any atom is -0.494 e. The molecule has 0 spiro atoms. The lowest BCUT2D eigenvalue weighted by Gasteiger charge is -2.17. The highest BCUT2D eigenvalue weighted by Gasteiger charge is 2.34. The summed E-state index contributed by atoms with van der Waals surface area (Å²) >= 11 is 0. The number of hydrogen-bond donors (Lipinski definition) is 0. The molecule has 0 radical (unpaired) electrons. The largest absolute Gasteiger partial charge is 0.494 e. The molecule has 41 heavy (non-hydrogen) atoms. The Bertz CT molecular complexity index is 1470. The van der Waals surface area contributed by atoms with E-state index in [9.17, 15) is 13.2 Å². The Morgan fingerprint density at radius 1 is 0.951 bits per heavy atom. The van der Waals surface area contributed by atoms with Crippen molar-refractivity contribution >= 4 is 21.7 Å². The van der Waals surface area contributed by atoms with Crippen molar-refractivity contribution in [3.63, 3.8) is 0 Å². The molecule has 9 heteroatoms. The predicted octanol–water partition coefficient (Wildman–Crippen LogP) is 6.02. The van der Waals surface area contributed by atoms with E-state index in [0.717, 1.165) is 50.3 Å². The predicted molar refractivity (Wildman–Crippen MR) is 158 cm³/mol. The summed E-state index contributed by atoms with van der Waals surface area (Å²) < 4.78 is 49.8. The molecular weight excluding hydrogens is 542 g/mol. The van der Waals surface area contributed by atoms with Crippen LogP contribution in [0.1, 0.15) is 60.0 Å². The molecule has 0 atom stereocenters. The van der Waals surface area contributed by atoms with Gasteiger partial charge in [0.1, 0.15) is 22.2 Å². The van der Waals surface area contributed by atoms with Crippen molar-refractivity contribution in [1.29, 1.82) is 0 Å². The van der Waals surface area contributed by atoms with Crippen LogP contribution in [0.15, 0.2) is 62.7 Å². The van der Waals surface area contributed by atoms with Gasteiger partial charge in [0, 0.05) is 25.9 Å². The highest BCUT2D eigenvalue weighted by molar-refractivity contribution is 7.91. The van der Waals surface area contributed by atoms with Crippen LogP contribution in [0.3, 0.4) is 0 Å². The molecule has 1 aromatic heterocycles. The molecule has 0 N–H and O–H groups in total. The Balaban J connectivity index is 1.32. The van der Waals surface area contributed by atoms with Gasteiger partial charge in [-0.15, -0.1) is 0 Å². The molecule has 0 bridgehead atoms. The van der Waals surface area contributed by atoms with Gasteiger partial charge in [-0.05, 0) is 74.3 Å². The van der Waals surface area contributed by atoms with Crippen molar-refractivity contribution in [2.45, 2.75) is 55.2 Å². The maximum absolute atomic E-state index is 13.7. The summed E-state index contributed by atoms with van der Waals surface area (Å²) in [5.74, 6) is 2.49. The standard InChI is InChI=1S/C32H39NO7S/c1-5-6-10-29-32(31-26(34)9-7-11-28(31)40-29)41(35,36)25-15-13-24(14-16-25)39-21-8-19-33(2)20-18-23-12-17-27(37-3)30(22-23)38-4/h7,11-17,22H,5-6,8-10,18-21H2,1-4H3. The number of sulfone groups is 1. The number of furan rings is 1. The zero-order chi connectivity index (χ0) is 29.4. The molecule has 4 rings (SSSR count). The lowest BCUT2D eigenvalue weighted by atomic mass is 10.0. The van der Waals surface area contributed by atoms with Crippen LogP contribution in [0.4, 0.5) is 0 Å². The Morgan fingerprint density at radius 3 is 2.41 bits per heavy atom. The average molecular weight is 582 g/mol. The number of methoxy groups -OCH3 is 2. The number of allylic oxidation sites excluding steroid dienone is 1. The van der Waals surface area contributed by atoms with Gasteiger partial charge in [0.2, 0.25) is 9.84 Å². The van der Waals surface area contributed by atoms with E-state index < -0.39 is 9.84 Å². The van der Waals surface area contributed by atoms with E-state index in [0.29, 0.717) is 30.3 Å². The Kier molecular flexibility index (Phi) is 10.3. The third-order valence-corrected chi connectivity index (χ3v) is 9.02. The number of nitrogens with zero attached hydrogens (tertiary/aromatic N) is 1. The second-order valence-electron chi connectivity index (χ2n) is 10.1. The summed E-state index contributed by atoms with van der Waals surface area (Å²) in [5, 5.41) is 0. The highest BCUT2D eigenvalue weighted by Crippen LogP contribution is 2.37. The lowest BCUT2D eigenvalue weighted by molar-refractivity contribution is 0.0991. The summed E-state index contributed by atoms with van der Waals surface area (Å²) in [6, 6.07) is 12.4. The molecule has 1 aliphatic rings. The molecule has 0 saturated carbocycles. The van der Waals surface area contributed by atoms with Crippen molar-refractivity contribution in [3.8, 4) is 17.2 Å². The number of aryl methyl sites for hydroxylation is 1. The monoisotopic (exact) mass is 581 g/mol. The van der Waals surface area contributed by atoms with Crippen molar-refractivity contribution < 1.29 is 31.8 Å². The molecule has 0 saturated heterocycles. The van der Waals surface area contributed by atoms with Crippen LogP contribution in [-0.2, 0) is 22.7 Å². The maximum Gasteiger partial charge on any atom is 0.210 e. The zero-order valence-corrected chi connectivity index (χ0v) is 25.1. The molecular formula is C32H39NO7S. The number of ketones is 1. The third-order valence-electron chi connectivity index (χ3n) is 7.15. The second-order valence-corrected chi connectivity index (χ2v) is 12.0. The van der Waals surface area contributed by atoms with E-state index >= 15 is 0 Å². The molecule has 0 fully saturated rings. The molecule has 3 aromatic rings. The number of likely N-dealkylation sites (N-methyl/N-ethyl adjacent to an activating group) is 1. The van der Waals surface area contributed by atoms with Crippen molar-refractivity contribution in [3.05, 3.63) is 71.2 Å². The Morgan fingerprint density at radius 2 is 1.71 bits per heavy atom. The van der Waals surface area contributed by atoms with Gasteiger partial charge in [-0.2, -0.15) is 0 Å². The fourth-order valence-corrected chi connectivity index (χ4v) is 6.51. The van der Waals surface area contributed by atoms with Crippen LogP contribution < -0.4 is 14.2 Å². The fourth-order valence-electron chi connectivity index (χ4n) is 4.85. The van der Waals surface area contributed by atoms with Crippen LogP contribution in [0.5, 0.6) is 17.2 Å². The molecule has 1 heterocycles. The van der Waals surface area contributed by atoms with E-state index in [2.05, 4.69) is 11.9 Å². The number of carbonyl (C=O) groups excluding carboxylic acids is 1. The number of rotatable bonds is 15. The van der Waals surface area contributed by atoms with E-state index in [1.54, 1.807) is 38.5 Å². The minimum atomic E-state index is -3.95. The van der Waals surface area contributed by atoms with Crippen LogP contribution in [0.2, 0.25) is 0 Å². The van der Waals surface area contributed by atoms with Gasteiger partial charge in [0.05, 0.1) is 31.3 Å². The quantitative estimate of drug-likeness (QED) is 0.201. The summed E-state index contributed by atoms with van der Waals surface area (Å²) in [7, 11) is 1.39. The average Bonchev–Trinajstić information content (AvgIpc) is 3.38. The molecule has 1 aliphatic carbocycles. The van der Waals surface area contributed by atoms with Crippen LogP contribution in [-0.4, -0.2) is 60.1 Å². The maximum atomic E-state index is 13.7. The number of hydrogen-bond acceptors (Lipinski definition) is 8. The van der Waals surface area contributed by atoms with Gasteiger partial charge in [0.15, 0.2) is 17.3 Å². The fraction of sp³-hybridized carbons (Fsp3) is 0.406. The van der Waals surface area contributed by atoms with Crippen LogP contribution >= 0.6 is 0 Å². The summed E-state index contributed by atoms with van der Waals surface area (Å²) in [4.78, 5) is 15.0. The van der Waals surface area contributed by atoms with Crippen molar-refractivity contribution in [2.24, 2.45) is 0 Å². The van der Waals surface area contributed by atoms with E-state index in [1.807, 2.05) is 25.1 Å². The third kappa shape index (κ3) is 7.21. The number of carbonyl (C=O) groups is 1. The molecule has 2 aromatic carbocycles. The molecule has 0 unspecified atom stereocenters. The van der Waals surface area contributed by atoms with Gasteiger partial charge in [-0.25, -0.2) is 8.42 Å². The normalized spacial score (nSPS) is 13.0. The van der Waals surface area contributed by atoms with Crippen LogP contribution in [0.25, 0.3) is 6.08 Å².